The minimum Gasteiger partial charge on any atom is -0.383 e. The number of fused-ring (bicyclic) bond motifs is 1. The van der Waals surface area contributed by atoms with Gasteiger partial charge >= 0.3 is 0 Å². The maximum atomic E-state index is 12.2. The van der Waals surface area contributed by atoms with Crippen LogP contribution in [-0.4, -0.2) is 57.2 Å². The summed E-state index contributed by atoms with van der Waals surface area (Å²) in [5, 5.41) is 8.22. The topological polar surface area (TPSA) is 66.0 Å². The Morgan fingerprint density at radius 3 is 3.14 bits per heavy atom. The summed E-state index contributed by atoms with van der Waals surface area (Å²) in [6.45, 7) is 3.03. The fraction of sp³-hybridized carbons (Fsp3) is 0.571. The summed E-state index contributed by atoms with van der Waals surface area (Å²) < 4.78 is 4.96. The number of nitrogens with zero attached hydrogens (tertiary/aromatic N) is 2. The van der Waals surface area contributed by atoms with Crippen LogP contribution in [0.4, 0.5) is 0 Å². The standard InChI is InChI=1S/C14H22N4O2S/c1-15-14(16-5-7-20-2)17-9-13(19)18-6-3-12-11(10-18)4-8-21-12/h4,8H,3,5-7,9-10H2,1-2H3,(H2,15,16,17). The number of rotatable bonds is 5. The molecule has 0 atom stereocenters. The van der Waals surface area contributed by atoms with Crippen LogP contribution < -0.4 is 10.6 Å². The molecule has 2 N–H and O–H groups in total. The molecule has 2 rings (SSSR count). The second kappa shape index (κ2) is 7.99. The second-order valence-corrected chi connectivity index (χ2v) is 5.78. The zero-order chi connectivity index (χ0) is 15.1. The largest absolute Gasteiger partial charge is 0.383 e. The van der Waals surface area contributed by atoms with E-state index in [1.165, 1.54) is 10.4 Å². The van der Waals surface area contributed by atoms with Gasteiger partial charge in [0.25, 0.3) is 0 Å². The van der Waals surface area contributed by atoms with Crippen LogP contribution in [0.5, 0.6) is 0 Å². The fourth-order valence-corrected chi connectivity index (χ4v) is 3.11. The van der Waals surface area contributed by atoms with Crippen molar-refractivity contribution in [3.8, 4) is 0 Å². The lowest BCUT2D eigenvalue weighted by molar-refractivity contribution is -0.130. The molecule has 7 heteroatoms. The van der Waals surface area contributed by atoms with Gasteiger partial charge in [-0.15, -0.1) is 11.3 Å². The van der Waals surface area contributed by atoms with Crippen LogP contribution in [0.1, 0.15) is 10.4 Å². The quantitative estimate of drug-likeness (QED) is 0.471. The molecule has 0 bridgehead atoms. The number of ether oxygens (including phenoxy) is 1. The van der Waals surface area contributed by atoms with Gasteiger partial charge in [0.15, 0.2) is 5.96 Å². The van der Waals surface area contributed by atoms with E-state index >= 15 is 0 Å². The molecule has 0 saturated heterocycles. The fourth-order valence-electron chi connectivity index (χ4n) is 2.22. The Labute approximate surface area is 129 Å². The number of methoxy groups -OCH3 is 1. The van der Waals surface area contributed by atoms with Gasteiger partial charge in [0.05, 0.1) is 13.2 Å². The molecule has 0 fully saturated rings. The molecule has 0 aliphatic carbocycles. The van der Waals surface area contributed by atoms with Crippen molar-refractivity contribution in [3.05, 3.63) is 21.9 Å². The van der Waals surface area contributed by atoms with Crippen LogP contribution in [0.2, 0.25) is 0 Å². The van der Waals surface area contributed by atoms with Crippen LogP contribution >= 0.6 is 11.3 Å². The van der Waals surface area contributed by atoms with Crippen molar-refractivity contribution < 1.29 is 9.53 Å². The van der Waals surface area contributed by atoms with Gasteiger partial charge in [0.2, 0.25) is 5.91 Å². The molecule has 0 radical (unpaired) electrons. The number of hydrogen-bond acceptors (Lipinski definition) is 4. The molecule has 1 aromatic rings. The first-order valence-electron chi connectivity index (χ1n) is 7.01. The van der Waals surface area contributed by atoms with Crippen molar-refractivity contribution in [1.29, 1.82) is 0 Å². The predicted octanol–water partition coefficient (Wildman–Crippen LogP) is 0.444. The normalized spacial score (nSPS) is 14.8. The number of aliphatic imine (C=N–C) groups is 1. The van der Waals surface area contributed by atoms with Crippen molar-refractivity contribution in [3.63, 3.8) is 0 Å². The van der Waals surface area contributed by atoms with E-state index in [1.54, 1.807) is 25.5 Å². The van der Waals surface area contributed by atoms with Crippen molar-refractivity contribution in [2.45, 2.75) is 13.0 Å². The predicted molar refractivity (Wildman–Crippen MR) is 84.7 cm³/mol. The van der Waals surface area contributed by atoms with Crippen LogP contribution in [0.15, 0.2) is 16.4 Å². The zero-order valence-corrected chi connectivity index (χ0v) is 13.3. The summed E-state index contributed by atoms with van der Waals surface area (Å²) in [7, 11) is 3.33. The average Bonchev–Trinajstić information content (AvgIpc) is 2.97. The van der Waals surface area contributed by atoms with E-state index < -0.39 is 0 Å². The maximum Gasteiger partial charge on any atom is 0.242 e. The molecule has 21 heavy (non-hydrogen) atoms. The highest BCUT2D eigenvalue weighted by molar-refractivity contribution is 7.10. The van der Waals surface area contributed by atoms with Gasteiger partial charge in [0.1, 0.15) is 0 Å². The van der Waals surface area contributed by atoms with E-state index in [-0.39, 0.29) is 12.5 Å². The number of amides is 1. The van der Waals surface area contributed by atoms with Gasteiger partial charge in [-0.05, 0) is 23.4 Å². The average molecular weight is 310 g/mol. The highest BCUT2D eigenvalue weighted by atomic mass is 32.1. The van der Waals surface area contributed by atoms with E-state index in [0.717, 1.165) is 19.5 Å². The van der Waals surface area contributed by atoms with Gasteiger partial charge in [-0.25, -0.2) is 0 Å². The van der Waals surface area contributed by atoms with E-state index in [0.29, 0.717) is 19.1 Å². The van der Waals surface area contributed by atoms with Crippen molar-refractivity contribution >= 4 is 23.2 Å². The van der Waals surface area contributed by atoms with Gasteiger partial charge < -0.3 is 20.3 Å². The van der Waals surface area contributed by atoms with Crippen molar-refractivity contribution in [2.75, 3.05) is 40.4 Å². The first kappa shape index (κ1) is 15.8. The summed E-state index contributed by atoms with van der Waals surface area (Å²) in [5.74, 6) is 0.718. The van der Waals surface area contributed by atoms with E-state index in [1.807, 2.05) is 4.90 Å². The molecule has 1 amide bonds. The Bertz CT molecular complexity index is 501. The molecule has 1 aromatic heterocycles. The molecule has 0 unspecified atom stereocenters. The number of carbonyl (C=O) groups is 1. The third kappa shape index (κ3) is 4.44. The Kier molecular flexibility index (Phi) is 6.01. The van der Waals surface area contributed by atoms with Crippen LogP contribution in [-0.2, 0) is 22.5 Å². The minimum atomic E-state index is 0.0986. The van der Waals surface area contributed by atoms with E-state index in [4.69, 9.17) is 4.74 Å². The third-order valence-electron chi connectivity index (χ3n) is 3.39. The molecule has 1 aliphatic rings. The maximum absolute atomic E-state index is 12.2. The van der Waals surface area contributed by atoms with Crippen LogP contribution in [0.3, 0.4) is 0 Å². The first-order valence-corrected chi connectivity index (χ1v) is 7.89. The van der Waals surface area contributed by atoms with Crippen LogP contribution in [0, 0.1) is 0 Å². The van der Waals surface area contributed by atoms with Gasteiger partial charge in [-0.3, -0.25) is 9.79 Å². The number of guanidine groups is 1. The van der Waals surface area contributed by atoms with Crippen molar-refractivity contribution in [1.82, 2.24) is 15.5 Å². The van der Waals surface area contributed by atoms with Gasteiger partial charge in [-0.2, -0.15) is 0 Å². The molecule has 1 aliphatic heterocycles. The lowest BCUT2D eigenvalue weighted by atomic mass is 10.1. The number of nitrogens with one attached hydrogen (secondary N) is 2. The summed E-state index contributed by atoms with van der Waals surface area (Å²) in [4.78, 5) is 19.6. The van der Waals surface area contributed by atoms with Gasteiger partial charge in [-0.1, -0.05) is 0 Å². The lowest BCUT2D eigenvalue weighted by Gasteiger charge is -2.27. The number of carbonyl (C=O) groups excluding carboxylic acids is 1. The molecule has 116 valence electrons. The highest BCUT2D eigenvalue weighted by Crippen LogP contribution is 2.23. The molecule has 2 heterocycles. The van der Waals surface area contributed by atoms with E-state index in [9.17, 15) is 4.79 Å². The molecular weight excluding hydrogens is 288 g/mol. The SMILES string of the molecule is CN=C(NCCOC)NCC(=O)N1CCc2sccc2C1. The van der Waals surface area contributed by atoms with Crippen LogP contribution in [0.25, 0.3) is 0 Å². The Morgan fingerprint density at radius 1 is 1.52 bits per heavy atom. The number of hydrogen-bond donors (Lipinski definition) is 2. The highest BCUT2D eigenvalue weighted by Gasteiger charge is 2.21. The minimum absolute atomic E-state index is 0.0986. The Hall–Kier alpha value is -1.60. The lowest BCUT2D eigenvalue weighted by Crippen LogP contribution is -2.46. The Balaban J connectivity index is 1.77. The molecule has 0 spiro atoms. The molecular formula is C14H22N4O2S. The Morgan fingerprint density at radius 2 is 2.38 bits per heavy atom. The van der Waals surface area contributed by atoms with Crippen molar-refractivity contribution in [2.24, 2.45) is 4.99 Å². The molecule has 6 nitrogen and oxygen atoms in total. The summed E-state index contributed by atoms with van der Waals surface area (Å²) >= 11 is 1.78. The second-order valence-electron chi connectivity index (χ2n) is 4.78. The third-order valence-corrected chi connectivity index (χ3v) is 4.41. The zero-order valence-electron chi connectivity index (χ0n) is 12.5. The molecule has 0 saturated carbocycles. The monoisotopic (exact) mass is 310 g/mol. The van der Waals surface area contributed by atoms with E-state index in [2.05, 4.69) is 27.1 Å². The number of thiophene rings is 1. The first-order chi connectivity index (χ1) is 10.2. The smallest absolute Gasteiger partial charge is 0.242 e. The molecule has 0 aromatic carbocycles. The summed E-state index contributed by atoms with van der Waals surface area (Å²) in [6, 6.07) is 2.11. The summed E-state index contributed by atoms with van der Waals surface area (Å²) in [6.07, 6.45) is 0.958. The summed E-state index contributed by atoms with van der Waals surface area (Å²) in [5.41, 5.74) is 1.28. The van der Waals surface area contributed by atoms with Gasteiger partial charge in [0, 0.05) is 38.7 Å².